The van der Waals surface area contributed by atoms with Gasteiger partial charge in [0, 0.05) is 19.0 Å². The van der Waals surface area contributed by atoms with Gasteiger partial charge < -0.3 is 4.90 Å². The predicted molar refractivity (Wildman–Crippen MR) is 91.4 cm³/mol. The van der Waals surface area contributed by atoms with Crippen LogP contribution in [0.3, 0.4) is 0 Å². The zero-order valence-electron chi connectivity index (χ0n) is 14.5. The van der Waals surface area contributed by atoms with E-state index < -0.39 is 0 Å². The van der Waals surface area contributed by atoms with Crippen LogP contribution in [-0.4, -0.2) is 23.9 Å². The van der Waals surface area contributed by atoms with Crippen molar-refractivity contribution in [2.24, 2.45) is 5.92 Å². The molecular weight excluding hydrogens is 258 g/mol. The van der Waals surface area contributed by atoms with Crippen LogP contribution in [-0.2, 0) is 4.79 Å². The zero-order valence-corrected chi connectivity index (χ0v) is 14.5. The van der Waals surface area contributed by atoms with Crippen molar-refractivity contribution >= 4 is 5.91 Å². The minimum absolute atomic E-state index is 0.316. The van der Waals surface area contributed by atoms with Gasteiger partial charge in [0.15, 0.2) is 0 Å². The van der Waals surface area contributed by atoms with Crippen molar-refractivity contribution in [3.8, 4) is 0 Å². The molecule has 0 unspecified atom stereocenters. The van der Waals surface area contributed by atoms with Crippen molar-refractivity contribution in [3.63, 3.8) is 0 Å². The first-order valence-electron chi connectivity index (χ1n) is 9.58. The van der Waals surface area contributed by atoms with E-state index in [1.165, 1.54) is 70.6 Å². The number of hydrogen-bond donors (Lipinski definition) is 0. The van der Waals surface area contributed by atoms with Crippen LogP contribution in [0.1, 0.15) is 97.3 Å². The van der Waals surface area contributed by atoms with Crippen molar-refractivity contribution in [1.82, 2.24) is 4.90 Å². The summed E-state index contributed by atoms with van der Waals surface area (Å²) in [6.45, 7) is 6.53. The van der Waals surface area contributed by atoms with E-state index in [9.17, 15) is 4.79 Å². The largest absolute Gasteiger partial charge is 0.342 e. The lowest BCUT2D eigenvalue weighted by molar-refractivity contribution is -0.137. The second kappa shape index (κ2) is 12.1. The highest BCUT2D eigenvalue weighted by molar-refractivity contribution is 5.78. The monoisotopic (exact) mass is 295 g/mol. The molecule has 0 aliphatic carbocycles. The molecule has 0 N–H and O–H groups in total. The standard InChI is InChI=1S/C19H37NO/c1-3-5-7-10-14-18(15-11-8-6-4-2)19(21)20-16-12-9-13-17-20/h18H,3-17H2,1-2H3. The summed E-state index contributed by atoms with van der Waals surface area (Å²) < 4.78 is 0. The van der Waals surface area contributed by atoms with Crippen molar-refractivity contribution in [1.29, 1.82) is 0 Å². The Balaban J connectivity index is 2.38. The van der Waals surface area contributed by atoms with Gasteiger partial charge in [0.1, 0.15) is 0 Å². The number of piperidine rings is 1. The van der Waals surface area contributed by atoms with Gasteiger partial charge in [0.25, 0.3) is 0 Å². The van der Waals surface area contributed by atoms with Gasteiger partial charge in [-0.2, -0.15) is 0 Å². The summed E-state index contributed by atoms with van der Waals surface area (Å²) in [4.78, 5) is 14.9. The third-order valence-electron chi connectivity index (χ3n) is 4.83. The summed E-state index contributed by atoms with van der Waals surface area (Å²) in [7, 11) is 0. The molecule has 1 rings (SSSR count). The second-order valence-electron chi connectivity index (χ2n) is 6.78. The van der Waals surface area contributed by atoms with Gasteiger partial charge in [-0.05, 0) is 32.1 Å². The van der Waals surface area contributed by atoms with Crippen molar-refractivity contribution in [2.75, 3.05) is 13.1 Å². The third-order valence-corrected chi connectivity index (χ3v) is 4.83. The van der Waals surface area contributed by atoms with Gasteiger partial charge in [-0.3, -0.25) is 4.79 Å². The first-order valence-corrected chi connectivity index (χ1v) is 9.58. The Kier molecular flexibility index (Phi) is 10.6. The Bertz CT molecular complexity index is 246. The van der Waals surface area contributed by atoms with Gasteiger partial charge in [0.2, 0.25) is 5.91 Å². The van der Waals surface area contributed by atoms with Crippen LogP contribution in [0, 0.1) is 5.92 Å². The third kappa shape index (κ3) is 7.87. The Morgan fingerprint density at radius 3 is 1.81 bits per heavy atom. The summed E-state index contributed by atoms with van der Waals surface area (Å²) in [5.74, 6) is 0.791. The van der Waals surface area contributed by atoms with Crippen LogP contribution >= 0.6 is 0 Å². The molecule has 124 valence electrons. The van der Waals surface area contributed by atoms with E-state index in [-0.39, 0.29) is 0 Å². The van der Waals surface area contributed by atoms with Crippen molar-refractivity contribution in [2.45, 2.75) is 97.3 Å². The number of hydrogen-bond acceptors (Lipinski definition) is 1. The smallest absolute Gasteiger partial charge is 0.225 e. The molecular formula is C19H37NO. The van der Waals surface area contributed by atoms with Gasteiger partial charge in [-0.25, -0.2) is 0 Å². The molecule has 0 radical (unpaired) electrons. The SMILES string of the molecule is CCCCCCC(CCCCCC)C(=O)N1CCCCC1. The van der Waals surface area contributed by atoms with Crippen LogP contribution < -0.4 is 0 Å². The average Bonchev–Trinajstić information content (AvgIpc) is 2.53. The number of carbonyl (C=O) groups excluding carboxylic acids is 1. The number of carbonyl (C=O) groups is 1. The lowest BCUT2D eigenvalue weighted by Gasteiger charge is -2.30. The highest BCUT2D eigenvalue weighted by Crippen LogP contribution is 2.22. The molecule has 2 nitrogen and oxygen atoms in total. The summed E-state index contributed by atoms with van der Waals surface area (Å²) >= 11 is 0. The zero-order chi connectivity index (χ0) is 15.3. The van der Waals surface area contributed by atoms with Crippen molar-refractivity contribution < 1.29 is 4.79 Å². The summed E-state index contributed by atoms with van der Waals surface area (Å²) in [5, 5.41) is 0. The molecule has 21 heavy (non-hydrogen) atoms. The molecule has 0 bridgehead atoms. The van der Waals surface area contributed by atoms with E-state index in [2.05, 4.69) is 18.7 Å². The average molecular weight is 296 g/mol. The quantitative estimate of drug-likeness (QED) is 0.457. The fourth-order valence-electron chi connectivity index (χ4n) is 3.40. The van der Waals surface area contributed by atoms with Crippen LogP contribution in [0.15, 0.2) is 0 Å². The van der Waals surface area contributed by atoms with Gasteiger partial charge in [0.05, 0.1) is 0 Å². The Morgan fingerprint density at radius 1 is 0.810 bits per heavy atom. The molecule has 1 amide bonds. The lowest BCUT2D eigenvalue weighted by Crippen LogP contribution is -2.39. The number of likely N-dealkylation sites (tertiary alicyclic amines) is 1. The molecule has 1 saturated heterocycles. The summed E-state index contributed by atoms with van der Waals surface area (Å²) in [6, 6.07) is 0. The van der Waals surface area contributed by atoms with Gasteiger partial charge >= 0.3 is 0 Å². The first-order chi connectivity index (χ1) is 10.3. The molecule has 0 saturated carbocycles. The Morgan fingerprint density at radius 2 is 1.33 bits per heavy atom. The summed E-state index contributed by atoms with van der Waals surface area (Å²) in [5.41, 5.74) is 0. The maximum atomic E-state index is 12.8. The maximum Gasteiger partial charge on any atom is 0.225 e. The van der Waals surface area contributed by atoms with E-state index in [1.54, 1.807) is 0 Å². The molecule has 0 aromatic rings. The highest BCUT2D eigenvalue weighted by atomic mass is 16.2. The molecule has 1 aliphatic heterocycles. The molecule has 2 heteroatoms. The number of amides is 1. The normalized spacial score (nSPS) is 15.7. The molecule has 1 heterocycles. The fourth-order valence-corrected chi connectivity index (χ4v) is 3.40. The lowest BCUT2D eigenvalue weighted by atomic mass is 9.92. The second-order valence-corrected chi connectivity index (χ2v) is 6.78. The van der Waals surface area contributed by atoms with Crippen LogP contribution in [0.2, 0.25) is 0 Å². The Hall–Kier alpha value is -0.530. The molecule has 1 aliphatic rings. The molecule has 0 aromatic carbocycles. The number of nitrogens with zero attached hydrogens (tertiary/aromatic N) is 1. The van der Waals surface area contributed by atoms with Gasteiger partial charge in [-0.15, -0.1) is 0 Å². The highest BCUT2D eigenvalue weighted by Gasteiger charge is 2.24. The molecule has 0 spiro atoms. The first kappa shape index (κ1) is 18.5. The van der Waals surface area contributed by atoms with E-state index in [4.69, 9.17) is 0 Å². The predicted octanol–water partition coefficient (Wildman–Crippen LogP) is 5.56. The van der Waals surface area contributed by atoms with E-state index in [0.29, 0.717) is 11.8 Å². The van der Waals surface area contributed by atoms with Crippen LogP contribution in [0.4, 0.5) is 0 Å². The topological polar surface area (TPSA) is 20.3 Å². The summed E-state index contributed by atoms with van der Waals surface area (Å²) in [6.07, 6.45) is 16.3. The molecule has 1 fully saturated rings. The van der Waals surface area contributed by atoms with Gasteiger partial charge in [-0.1, -0.05) is 65.2 Å². The van der Waals surface area contributed by atoms with E-state index in [1.807, 2.05) is 0 Å². The maximum absolute atomic E-state index is 12.8. The Labute approximate surface area is 132 Å². The van der Waals surface area contributed by atoms with Crippen molar-refractivity contribution in [3.05, 3.63) is 0 Å². The number of rotatable bonds is 11. The van der Waals surface area contributed by atoms with E-state index in [0.717, 1.165) is 25.9 Å². The minimum atomic E-state index is 0.316. The van der Waals surface area contributed by atoms with Crippen LogP contribution in [0.5, 0.6) is 0 Å². The van der Waals surface area contributed by atoms with E-state index >= 15 is 0 Å². The number of unbranched alkanes of at least 4 members (excludes halogenated alkanes) is 6. The van der Waals surface area contributed by atoms with Crippen LogP contribution in [0.25, 0.3) is 0 Å². The minimum Gasteiger partial charge on any atom is -0.342 e. The molecule has 0 atom stereocenters. The fraction of sp³-hybridized carbons (Fsp3) is 0.947. The molecule has 0 aromatic heterocycles.